The highest BCUT2D eigenvalue weighted by Gasteiger charge is 2.56. The molecule has 0 bridgehead atoms. The molecule has 2 aromatic rings. The Hall–Kier alpha value is -1.79. The second-order valence-corrected chi connectivity index (χ2v) is 16.5. The number of aryl methyl sites for hydroxylation is 1. The van der Waals surface area contributed by atoms with E-state index in [4.69, 9.17) is 4.78 Å². The van der Waals surface area contributed by atoms with Gasteiger partial charge < -0.3 is 4.90 Å². The maximum atomic E-state index is 13.8. The molecule has 0 saturated carbocycles. The summed E-state index contributed by atoms with van der Waals surface area (Å²) in [7, 11) is -9.67. The molecule has 2 heterocycles. The lowest BCUT2D eigenvalue weighted by Gasteiger charge is -2.64. The van der Waals surface area contributed by atoms with E-state index in [1.54, 1.807) is 6.07 Å². The number of anilines is 2. The Morgan fingerprint density at radius 2 is 1.69 bits per heavy atom. The summed E-state index contributed by atoms with van der Waals surface area (Å²) >= 11 is 0. The van der Waals surface area contributed by atoms with Crippen molar-refractivity contribution in [3.8, 4) is 0 Å². The Morgan fingerprint density at radius 1 is 1.09 bits per heavy atom. The second-order valence-electron chi connectivity index (χ2n) is 10.4. The molecular weight excluding hydrogens is 506 g/mol. The predicted octanol–water partition coefficient (Wildman–Crippen LogP) is 4.71. The van der Waals surface area contributed by atoms with E-state index < -0.39 is 30.3 Å². The third kappa shape index (κ3) is 5.20. The van der Waals surface area contributed by atoms with Crippen molar-refractivity contribution in [1.29, 1.82) is 4.78 Å². The average Bonchev–Trinajstić information content (AvgIpc) is 2.72. The van der Waals surface area contributed by atoms with E-state index in [1.165, 1.54) is 22.7 Å². The summed E-state index contributed by atoms with van der Waals surface area (Å²) in [6, 6.07) is 12.0. The summed E-state index contributed by atoms with van der Waals surface area (Å²) in [5, 5.41) is 0. The van der Waals surface area contributed by atoms with Crippen LogP contribution in [0.2, 0.25) is 0 Å². The maximum absolute atomic E-state index is 13.8. The molecule has 35 heavy (non-hydrogen) atoms. The van der Waals surface area contributed by atoms with Gasteiger partial charge in [0, 0.05) is 42.8 Å². The molecule has 8 nitrogen and oxygen atoms in total. The van der Waals surface area contributed by atoms with E-state index in [2.05, 4.69) is 0 Å². The molecule has 2 fully saturated rings. The van der Waals surface area contributed by atoms with Gasteiger partial charge in [-0.3, -0.25) is 13.4 Å². The molecule has 1 unspecified atom stereocenters. The smallest absolute Gasteiger partial charge is 0.264 e. The van der Waals surface area contributed by atoms with Crippen molar-refractivity contribution < 1.29 is 21.7 Å². The average molecular weight is 542 g/mol. The van der Waals surface area contributed by atoms with Crippen molar-refractivity contribution in [2.24, 2.45) is 11.3 Å². The van der Waals surface area contributed by atoms with Gasteiger partial charge >= 0.3 is 0 Å². The number of hydrogen-bond acceptors (Lipinski definition) is 7. The van der Waals surface area contributed by atoms with Crippen LogP contribution in [-0.2, 0) is 26.2 Å². The third-order valence-electron chi connectivity index (χ3n) is 6.57. The van der Waals surface area contributed by atoms with Crippen LogP contribution in [-0.4, -0.2) is 59.1 Å². The van der Waals surface area contributed by atoms with Gasteiger partial charge in [0.15, 0.2) is 0 Å². The number of sulfonamides is 1. The van der Waals surface area contributed by atoms with E-state index in [1.807, 2.05) is 49.9 Å². The first-order valence-corrected chi connectivity index (χ1v) is 16.9. The molecule has 0 aromatic heterocycles. The third-order valence-corrected chi connectivity index (χ3v) is 11.7. The zero-order valence-corrected chi connectivity index (χ0v) is 23.0. The van der Waals surface area contributed by atoms with Crippen LogP contribution in [0.4, 0.5) is 11.4 Å². The van der Waals surface area contributed by atoms with Crippen LogP contribution in [0.1, 0.15) is 26.3 Å². The maximum Gasteiger partial charge on any atom is 0.264 e. The monoisotopic (exact) mass is 541 g/mol. The van der Waals surface area contributed by atoms with Crippen LogP contribution in [0, 0.1) is 16.1 Å². The second kappa shape index (κ2) is 8.95. The van der Waals surface area contributed by atoms with E-state index in [-0.39, 0.29) is 27.7 Å². The van der Waals surface area contributed by atoms with Gasteiger partial charge in [-0.25, -0.2) is 17.4 Å². The zero-order valence-electron chi connectivity index (χ0n) is 20.6. The standard InChI is InChI=1S/C24H35N3O5S3/c1-5-19-6-8-20(9-7-19)27(13-18(2)3)35(31,32)21-10-11-22(23(12-21)33(4,25)28)26-14-24(15-26)16-34(29,30)17-24/h6-12,18,25,29-30H,5,13-17H2,1-4H3. The fourth-order valence-electron chi connectivity index (χ4n) is 4.98. The minimum Gasteiger partial charge on any atom is -0.369 e. The summed E-state index contributed by atoms with van der Waals surface area (Å²) in [6.45, 7) is 7.38. The van der Waals surface area contributed by atoms with Crippen LogP contribution in [0.3, 0.4) is 0 Å². The molecule has 0 aliphatic carbocycles. The van der Waals surface area contributed by atoms with Gasteiger partial charge in [0.1, 0.15) is 0 Å². The van der Waals surface area contributed by atoms with Crippen LogP contribution >= 0.6 is 10.6 Å². The minimum atomic E-state index is -3.97. The van der Waals surface area contributed by atoms with E-state index in [9.17, 15) is 21.7 Å². The van der Waals surface area contributed by atoms with Crippen molar-refractivity contribution >= 4 is 41.7 Å². The highest BCUT2D eigenvalue weighted by Crippen LogP contribution is 2.62. The van der Waals surface area contributed by atoms with Gasteiger partial charge in [-0.05, 0) is 48.2 Å². The largest absolute Gasteiger partial charge is 0.369 e. The van der Waals surface area contributed by atoms with Crippen molar-refractivity contribution in [2.75, 3.05) is 46.6 Å². The molecule has 2 aromatic carbocycles. The van der Waals surface area contributed by atoms with E-state index in [0.29, 0.717) is 36.0 Å². The van der Waals surface area contributed by atoms with E-state index >= 15 is 0 Å². The Morgan fingerprint density at radius 3 is 2.17 bits per heavy atom. The quantitative estimate of drug-likeness (QED) is 0.445. The number of hydrogen-bond donors (Lipinski definition) is 3. The molecule has 2 aliphatic heterocycles. The Balaban J connectivity index is 1.69. The molecule has 194 valence electrons. The van der Waals surface area contributed by atoms with Crippen LogP contribution in [0.25, 0.3) is 0 Å². The Labute approximate surface area is 210 Å². The molecule has 11 heteroatoms. The number of nitrogens with zero attached hydrogens (tertiary/aromatic N) is 2. The number of nitrogens with one attached hydrogen (secondary N) is 1. The zero-order chi connectivity index (χ0) is 25.8. The molecule has 2 aliphatic rings. The molecule has 4 rings (SSSR count). The molecule has 1 atom stereocenters. The van der Waals surface area contributed by atoms with Crippen molar-refractivity contribution in [3.63, 3.8) is 0 Å². The molecule has 1 spiro atoms. The molecule has 2 saturated heterocycles. The summed E-state index contributed by atoms with van der Waals surface area (Å²) < 4.78 is 69.8. The first-order valence-electron chi connectivity index (χ1n) is 11.6. The molecular formula is C24H35N3O5S3. The fourth-order valence-corrected chi connectivity index (χ4v) is 9.90. The first kappa shape index (κ1) is 26.3. The van der Waals surface area contributed by atoms with Gasteiger partial charge in [-0.15, -0.1) is 0 Å². The lowest BCUT2D eigenvalue weighted by molar-refractivity contribution is 0.232. The molecule has 0 radical (unpaired) electrons. The van der Waals surface area contributed by atoms with Crippen molar-refractivity contribution in [1.82, 2.24) is 0 Å². The minimum absolute atomic E-state index is 0.00588. The van der Waals surface area contributed by atoms with Gasteiger partial charge in [-0.1, -0.05) is 32.9 Å². The fraction of sp³-hybridized carbons (Fsp3) is 0.500. The van der Waals surface area contributed by atoms with Gasteiger partial charge in [-0.2, -0.15) is 10.6 Å². The summed E-state index contributed by atoms with van der Waals surface area (Å²) in [5.41, 5.74) is 2.10. The van der Waals surface area contributed by atoms with Gasteiger partial charge in [0.2, 0.25) is 0 Å². The number of benzene rings is 2. The van der Waals surface area contributed by atoms with E-state index in [0.717, 1.165) is 12.0 Å². The van der Waals surface area contributed by atoms with Gasteiger partial charge in [0.25, 0.3) is 10.0 Å². The first-order chi connectivity index (χ1) is 16.2. The lowest BCUT2D eigenvalue weighted by Crippen LogP contribution is -2.67. The molecule has 3 N–H and O–H groups in total. The lowest BCUT2D eigenvalue weighted by atomic mass is 9.82. The number of rotatable bonds is 8. The topological polar surface area (TPSA) is 122 Å². The Kier molecular flexibility index (Phi) is 6.72. The molecule has 0 amide bonds. The van der Waals surface area contributed by atoms with Crippen LogP contribution in [0.15, 0.2) is 52.3 Å². The SMILES string of the molecule is CCc1ccc(N(CC(C)C)S(=O)(=O)c2ccc(N3CC4(C3)CS(O)(O)C4)c(S(C)(=N)=O)c2)cc1. The summed E-state index contributed by atoms with van der Waals surface area (Å²) in [5.74, 6) is 0.802. The Bertz CT molecular complexity index is 1310. The van der Waals surface area contributed by atoms with Crippen molar-refractivity contribution in [3.05, 3.63) is 48.0 Å². The van der Waals surface area contributed by atoms with Crippen LogP contribution < -0.4 is 9.21 Å². The highest BCUT2D eigenvalue weighted by atomic mass is 32.3. The normalized spacial score (nSPS) is 21.2. The highest BCUT2D eigenvalue weighted by molar-refractivity contribution is 8.25. The van der Waals surface area contributed by atoms with Crippen molar-refractivity contribution in [2.45, 2.75) is 37.0 Å². The van der Waals surface area contributed by atoms with Gasteiger partial charge in [0.05, 0.1) is 30.9 Å². The summed E-state index contributed by atoms with van der Waals surface area (Å²) in [4.78, 5) is 2.14. The predicted molar refractivity (Wildman–Crippen MR) is 144 cm³/mol. The summed E-state index contributed by atoms with van der Waals surface area (Å²) in [6.07, 6.45) is 2.15. The van der Waals surface area contributed by atoms with Crippen LogP contribution in [0.5, 0.6) is 0 Å².